The number of carbonyl (C=O) groups excluding carboxylic acids is 4. The van der Waals surface area contributed by atoms with Gasteiger partial charge in [-0.15, -0.1) is 0 Å². The molecule has 10 nitrogen and oxygen atoms in total. The van der Waals surface area contributed by atoms with Crippen molar-refractivity contribution in [3.8, 4) is 0 Å². The van der Waals surface area contributed by atoms with E-state index in [0.717, 1.165) is 7.11 Å². The van der Waals surface area contributed by atoms with Crippen LogP contribution in [0.3, 0.4) is 0 Å². The number of carboxylic acids is 1. The summed E-state index contributed by atoms with van der Waals surface area (Å²) in [7, 11) is 1.15. The number of rotatable bonds is 10. The van der Waals surface area contributed by atoms with E-state index in [1.807, 2.05) is 13.8 Å². The number of carbonyl (C=O) groups is 5. The Hall–Kier alpha value is -2.63. The molecule has 2 fully saturated rings. The van der Waals surface area contributed by atoms with Gasteiger partial charge in [-0.2, -0.15) is 0 Å². The number of hydrogen-bond acceptors (Lipinski definition) is 8. The van der Waals surface area contributed by atoms with Crippen LogP contribution in [0.25, 0.3) is 0 Å². The number of nitrogens with one attached hydrogen (secondary N) is 1. The molecule has 2 bridgehead atoms. The second-order valence-corrected chi connectivity index (χ2v) is 9.98. The number of hydrogen-bond donors (Lipinski definition) is 1. The summed E-state index contributed by atoms with van der Waals surface area (Å²) in [5.41, 5.74) is -1.69. The van der Waals surface area contributed by atoms with Crippen molar-refractivity contribution in [3.05, 3.63) is 33.8 Å². The normalized spacial score (nSPS) is 23.9. The minimum absolute atomic E-state index is 0.0223. The van der Waals surface area contributed by atoms with E-state index < -0.39 is 60.6 Å². The molecule has 0 saturated carbocycles. The maximum absolute atomic E-state index is 12.8. The number of methoxy groups -OCH3 is 1. The zero-order valence-electron chi connectivity index (χ0n) is 19.5. The van der Waals surface area contributed by atoms with Gasteiger partial charge in [-0.25, -0.2) is 0 Å². The van der Waals surface area contributed by atoms with Crippen LogP contribution in [0, 0.1) is 5.92 Å². The van der Waals surface area contributed by atoms with Gasteiger partial charge in [-0.3, -0.25) is 19.2 Å². The Morgan fingerprint density at radius 1 is 1.26 bits per heavy atom. The quantitative estimate of drug-likeness (QED) is 0.277. The summed E-state index contributed by atoms with van der Waals surface area (Å²) in [5.74, 6) is -4.03. The van der Waals surface area contributed by atoms with E-state index >= 15 is 0 Å². The summed E-state index contributed by atoms with van der Waals surface area (Å²) < 4.78 is 20.1. The third-order valence-corrected chi connectivity index (χ3v) is 6.51. The number of Topliss-reactive ketones (excluding diaryl/α,β-unsaturated/α-hetero) is 1. The molecule has 1 amide bonds. The van der Waals surface area contributed by atoms with Gasteiger partial charge >= 0.3 is 18.7 Å². The van der Waals surface area contributed by atoms with Crippen molar-refractivity contribution >= 4 is 59.6 Å². The first-order chi connectivity index (χ1) is 16.4. The largest absolute Gasteiger partial charge is 0.716 e. The molecule has 2 aliphatic rings. The second-order valence-electron chi connectivity index (χ2n) is 9.13. The fourth-order valence-corrected chi connectivity index (χ4v) is 4.79. The minimum atomic E-state index is -2.88. The molecule has 1 aromatic rings. The number of benzene rings is 1. The van der Waals surface area contributed by atoms with E-state index in [0.29, 0.717) is 11.4 Å². The Balaban J connectivity index is 1.76. The molecule has 2 heterocycles. The maximum Gasteiger partial charge on any atom is 0.576 e. The van der Waals surface area contributed by atoms with Gasteiger partial charge in [0, 0.05) is 9.82 Å². The molecule has 0 radical (unpaired) electrons. The lowest BCUT2D eigenvalue weighted by atomic mass is 9.57. The van der Waals surface area contributed by atoms with Crippen LogP contribution in [0.15, 0.2) is 18.2 Å². The van der Waals surface area contributed by atoms with E-state index in [9.17, 15) is 24.0 Å². The highest BCUT2D eigenvalue weighted by Gasteiger charge is 2.69. The van der Waals surface area contributed by atoms with E-state index in [-0.39, 0.29) is 29.5 Å². The molecule has 190 valence electrons. The molecular weight excluding hydrogens is 504 g/mol. The zero-order valence-corrected chi connectivity index (χ0v) is 21.0. The molecule has 3 rings (SSSR count). The highest BCUT2D eigenvalue weighted by Crippen LogP contribution is 2.47. The Bertz CT molecular complexity index is 1070. The minimum Gasteiger partial charge on any atom is -0.716 e. The first-order valence-corrected chi connectivity index (χ1v) is 11.8. The number of amides is 1. The highest BCUT2D eigenvalue weighted by atomic mass is 35.5. The van der Waals surface area contributed by atoms with E-state index in [1.54, 1.807) is 0 Å². The second kappa shape index (κ2) is 10.6. The van der Waals surface area contributed by atoms with Crippen molar-refractivity contribution < 1.29 is 42.7 Å². The van der Waals surface area contributed by atoms with Crippen LogP contribution < -0.4 is 5.32 Å². The Kier molecular flexibility index (Phi) is 8.13. The molecule has 35 heavy (non-hydrogen) atoms. The molecule has 1 unspecified atom stereocenters. The van der Waals surface area contributed by atoms with Crippen molar-refractivity contribution in [1.29, 1.82) is 0 Å². The molecule has 3 atom stereocenters. The molecule has 13 heteroatoms. The summed E-state index contributed by atoms with van der Waals surface area (Å²) in [5, 5.41) is 2.98. The van der Waals surface area contributed by atoms with Crippen molar-refractivity contribution in [3.63, 3.8) is 0 Å². The summed E-state index contributed by atoms with van der Waals surface area (Å²) in [6, 6.07) is 4.38. The van der Waals surface area contributed by atoms with Crippen molar-refractivity contribution in [1.82, 2.24) is 5.32 Å². The number of halogens is 2. The third-order valence-electron chi connectivity index (χ3n) is 5.95. The summed E-state index contributed by atoms with van der Waals surface area (Å²) in [6.07, 6.45) is -0.839. The highest BCUT2D eigenvalue weighted by molar-refractivity contribution is 6.67. The molecule has 0 aromatic heterocycles. The van der Waals surface area contributed by atoms with Crippen molar-refractivity contribution in [2.75, 3.05) is 13.7 Å². The first kappa shape index (κ1) is 27.0. The number of esters is 1. The average molecular weight is 530 g/mol. The first-order valence-electron chi connectivity index (χ1n) is 11.0. The standard InChI is InChI=1S/C22H26BCl2NO9/c1-12(2)6-13(7-15(27)11-26-20(30)16-8-14(24)4-5-17(16)25)23-33-19(29)10-22(35-23,21(31)34-23)9-18(28)32-3/h4-5,8,12-13,34H,6-7,9-11H2,1-3H3,(H,26,30)/t13-,22+,23?/m1/s1. The monoisotopic (exact) mass is 529 g/mol. The number of fused-ring (bicyclic) bond motifs is 2. The van der Waals surface area contributed by atoms with E-state index in [1.165, 1.54) is 18.2 Å². The predicted molar refractivity (Wildman–Crippen MR) is 126 cm³/mol. The van der Waals surface area contributed by atoms with Gasteiger partial charge in [0.25, 0.3) is 11.9 Å². The lowest BCUT2D eigenvalue weighted by Crippen LogP contribution is -2.56. The maximum atomic E-state index is 12.8. The van der Waals surface area contributed by atoms with Gasteiger partial charge in [-0.05, 0) is 36.4 Å². The molecule has 2 aliphatic heterocycles. The fourth-order valence-electron chi connectivity index (χ4n) is 4.41. The topological polar surface area (TPSA) is 138 Å². The van der Waals surface area contributed by atoms with Gasteiger partial charge in [0.1, 0.15) is 5.78 Å². The molecule has 0 aliphatic carbocycles. The predicted octanol–water partition coefficient (Wildman–Crippen LogP) is 2.37. The third kappa shape index (κ3) is 5.96. The fraction of sp³-hybridized carbons (Fsp3) is 0.500. The van der Waals surface area contributed by atoms with Crippen LogP contribution in [0.5, 0.6) is 0 Å². The van der Waals surface area contributed by atoms with E-state index in [4.69, 9.17) is 32.5 Å². The SMILES string of the molecule is COC(=O)C[C@@]12CC(=O)O[B-]([C@@H](CC(=O)CNC(=O)c3cc(Cl)ccc3Cl)CC(C)C)(O1)[OH+]C2=O. The van der Waals surface area contributed by atoms with Gasteiger partial charge in [-0.1, -0.05) is 43.5 Å². The Morgan fingerprint density at radius 3 is 2.63 bits per heavy atom. The zero-order chi connectivity index (χ0) is 26.0. The molecule has 2 N–H and O–H groups in total. The van der Waals surface area contributed by atoms with Crippen molar-refractivity contribution in [2.45, 2.75) is 50.9 Å². The smallest absolute Gasteiger partial charge is 0.576 e. The van der Waals surface area contributed by atoms with Gasteiger partial charge < -0.3 is 24.0 Å². The number of aliphatic carboxylic acids is 1. The summed E-state index contributed by atoms with van der Waals surface area (Å²) >= 11 is 11.9. The molecule has 2 saturated heterocycles. The molecule has 1 aromatic carbocycles. The van der Waals surface area contributed by atoms with Crippen LogP contribution in [0.2, 0.25) is 15.9 Å². The number of ether oxygens (including phenoxy) is 1. The molecule has 0 spiro atoms. The number of ketones is 1. The van der Waals surface area contributed by atoms with Crippen LogP contribution in [0.1, 0.15) is 49.9 Å². The van der Waals surface area contributed by atoms with Gasteiger partial charge in [0.15, 0.2) is 0 Å². The van der Waals surface area contributed by atoms with Crippen LogP contribution >= 0.6 is 23.2 Å². The van der Waals surface area contributed by atoms with Crippen LogP contribution in [0.4, 0.5) is 0 Å². The lowest BCUT2D eigenvalue weighted by molar-refractivity contribution is -0.163. The Morgan fingerprint density at radius 2 is 1.97 bits per heavy atom. The summed E-state index contributed by atoms with van der Waals surface area (Å²) in [6.45, 7) is 0.540. The average Bonchev–Trinajstić information content (AvgIpc) is 2.98. The lowest BCUT2D eigenvalue weighted by Gasteiger charge is -2.43. The summed E-state index contributed by atoms with van der Waals surface area (Å²) in [4.78, 5) is 62.5. The van der Waals surface area contributed by atoms with Crippen LogP contribution in [-0.4, -0.2) is 60.3 Å². The van der Waals surface area contributed by atoms with Gasteiger partial charge in [0.05, 0.1) is 37.1 Å². The van der Waals surface area contributed by atoms with Gasteiger partial charge in [0.2, 0.25) is 5.60 Å². The molecular formula is C22H26BCl2NO9. The van der Waals surface area contributed by atoms with Crippen molar-refractivity contribution in [2.24, 2.45) is 5.92 Å². The van der Waals surface area contributed by atoms with Crippen LogP contribution in [-0.2, 0) is 33.2 Å². The van der Waals surface area contributed by atoms with E-state index in [2.05, 4.69) is 14.7 Å². The Labute approximate surface area is 211 Å².